The first-order valence-corrected chi connectivity index (χ1v) is 2.99. The van der Waals surface area contributed by atoms with Crippen LogP contribution in [0.2, 0.25) is 0 Å². The zero-order valence-corrected chi connectivity index (χ0v) is 17.6. The standard InChI is InChI=1S/C9H9.2Rb/c1-8(2)9-6-4-3-5-7-9;;/h3-5H,1-2H3;;/q-3;2*+1. The van der Waals surface area contributed by atoms with Crippen molar-refractivity contribution in [2.75, 3.05) is 0 Å². The van der Waals surface area contributed by atoms with Crippen molar-refractivity contribution < 1.29 is 116 Å². The van der Waals surface area contributed by atoms with Gasteiger partial charge in [-0.15, -0.1) is 6.07 Å². The van der Waals surface area contributed by atoms with E-state index < -0.39 is 0 Å². The molecule has 0 fully saturated rings. The third-order valence-corrected chi connectivity index (χ3v) is 1.15. The topological polar surface area (TPSA) is 0 Å². The van der Waals surface area contributed by atoms with Gasteiger partial charge in [0.05, 0.1) is 0 Å². The van der Waals surface area contributed by atoms with Gasteiger partial charge in [0.1, 0.15) is 0 Å². The predicted octanol–water partition coefficient (Wildman–Crippen LogP) is -3.74. The molecule has 0 amide bonds. The Labute approximate surface area is 167 Å². The van der Waals surface area contributed by atoms with Crippen molar-refractivity contribution >= 4 is 0 Å². The van der Waals surface area contributed by atoms with E-state index in [-0.39, 0.29) is 116 Å². The van der Waals surface area contributed by atoms with Gasteiger partial charge < -0.3 is 23.6 Å². The second-order valence-electron chi connectivity index (χ2n) is 2.19. The van der Waals surface area contributed by atoms with Crippen molar-refractivity contribution in [2.45, 2.75) is 13.8 Å². The second kappa shape index (κ2) is 9.26. The SMILES string of the molecule is C[C-](C)c1[c-]ccc[c-]1.[Rb+].[Rb+]. The summed E-state index contributed by atoms with van der Waals surface area (Å²) < 4.78 is 0. The van der Waals surface area contributed by atoms with E-state index >= 15 is 0 Å². The number of hydrogen-bond acceptors (Lipinski definition) is 0. The fourth-order valence-electron chi connectivity index (χ4n) is 0.641. The first-order valence-electron chi connectivity index (χ1n) is 2.99. The molecule has 0 unspecified atom stereocenters. The first kappa shape index (κ1) is 16.1. The van der Waals surface area contributed by atoms with Gasteiger partial charge in [-0.1, -0.05) is 0 Å². The molecule has 0 aliphatic rings. The van der Waals surface area contributed by atoms with Crippen molar-refractivity contribution in [2.24, 2.45) is 0 Å². The van der Waals surface area contributed by atoms with Gasteiger partial charge in [-0.3, -0.25) is 12.1 Å². The minimum atomic E-state index is 0. The Morgan fingerprint density at radius 2 is 1.55 bits per heavy atom. The second-order valence-corrected chi connectivity index (χ2v) is 2.19. The molecular formula is C9H9Rb2-. The molecular weight excluding hydrogens is 279 g/mol. The summed E-state index contributed by atoms with van der Waals surface area (Å²) in [6, 6.07) is 11.9. The smallest absolute Gasteiger partial charge is 0.564 e. The molecule has 2 heteroatoms. The molecule has 0 saturated carbocycles. The van der Waals surface area contributed by atoms with Gasteiger partial charge in [-0.25, -0.2) is 0 Å². The Bertz CT molecular complexity index is 170. The normalized spacial score (nSPS) is 7.45. The van der Waals surface area contributed by atoms with Crippen LogP contribution in [0.4, 0.5) is 0 Å². The summed E-state index contributed by atoms with van der Waals surface area (Å²) in [5.41, 5.74) is 1.08. The molecule has 0 aromatic heterocycles. The Morgan fingerprint density at radius 1 is 1.09 bits per heavy atom. The van der Waals surface area contributed by atoms with Crippen molar-refractivity contribution in [3.63, 3.8) is 0 Å². The summed E-state index contributed by atoms with van der Waals surface area (Å²) in [7, 11) is 0. The summed E-state index contributed by atoms with van der Waals surface area (Å²) in [5, 5.41) is 0. The van der Waals surface area contributed by atoms with Crippen LogP contribution in [-0.2, 0) is 0 Å². The quantitative estimate of drug-likeness (QED) is 0.466. The largest absolute Gasteiger partial charge is 1.00 e. The van der Waals surface area contributed by atoms with Crippen LogP contribution in [0.1, 0.15) is 19.4 Å². The number of hydrogen-bond donors (Lipinski definition) is 0. The predicted molar refractivity (Wildman–Crippen MR) is 37.8 cm³/mol. The molecule has 1 aromatic carbocycles. The average molecular weight is 288 g/mol. The van der Waals surface area contributed by atoms with Gasteiger partial charge in [0.25, 0.3) is 0 Å². The summed E-state index contributed by atoms with van der Waals surface area (Å²) >= 11 is 0. The Hall–Kier alpha value is 2.70. The van der Waals surface area contributed by atoms with Gasteiger partial charge in [0, 0.05) is 0 Å². The van der Waals surface area contributed by atoms with Crippen molar-refractivity contribution in [1.29, 1.82) is 0 Å². The molecule has 0 bridgehead atoms. The number of rotatable bonds is 1. The Kier molecular flexibility index (Phi) is 13.6. The van der Waals surface area contributed by atoms with E-state index in [1.54, 1.807) is 0 Å². The van der Waals surface area contributed by atoms with Crippen LogP contribution in [-0.4, -0.2) is 0 Å². The minimum absolute atomic E-state index is 0. The zero-order valence-electron chi connectivity index (χ0n) is 7.73. The van der Waals surface area contributed by atoms with E-state index in [2.05, 4.69) is 26.0 Å². The van der Waals surface area contributed by atoms with Crippen molar-refractivity contribution in [1.82, 2.24) is 0 Å². The molecule has 0 nitrogen and oxygen atoms in total. The van der Waals surface area contributed by atoms with E-state index in [0.29, 0.717) is 0 Å². The van der Waals surface area contributed by atoms with Gasteiger partial charge in [-0.05, 0) is 0 Å². The molecule has 1 aromatic rings. The van der Waals surface area contributed by atoms with Crippen LogP contribution < -0.4 is 116 Å². The summed E-state index contributed by atoms with van der Waals surface area (Å²) in [6.45, 7) is 4.12. The molecule has 0 aliphatic heterocycles. The molecule has 0 N–H and O–H groups in total. The fraction of sp³-hybridized carbons (Fsp3) is 0.222. The Balaban J connectivity index is 0. The van der Waals surface area contributed by atoms with Crippen LogP contribution in [0.15, 0.2) is 18.2 Å². The zero-order chi connectivity index (χ0) is 6.69. The molecule has 0 saturated heterocycles. The van der Waals surface area contributed by atoms with Crippen molar-refractivity contribution in [3.8, 4) is 0 Å². The monoisotopic (exact) mass is 287 g/mol. The molecule has 0 spiro atoms. The first-order chi connectivity index (χ1) is 4.30. The van der Waals surface area contributed by atoms with Crippen LogP contribution in [0.3, 0.4) is 0 Å². The summed E-state index contributed by atoms with van der Waals surface area (Å²) in [5.74, 6) is 1.26. The minimum Gasteiger partial charge on any atom is -0.564 e. The molecule has 0 radical (unpaired) electrons. The van der Waals surface area contributed by atoms with Gasteiger partial charge in [0.15, 0.2) is 0 Å². The van der Waals surface area contributed by atoms with Gasteiger partial charge in [-0.2, -0.15) is 13.8 Å². The van der Waals surface area contributed by atoms with Crippen LogP contribution in [0, 0.1) is 18.1 Å². The van der Waals surface area contributed by atoms with Gasteiger partial charge >= 0.3 is 116 Å². The third-order valence-electron chi connectivity index (χ3n) is 1.15. The van der Waals surface area contributed by atoms with Gasteiger partial charge in [0.2, 0.25) is 0 Å². The van der Waals surface area contributed by atoms with E-state index in [1.165, 1.54) is 5.92 Å². The molecule has 11 heavy (non-hydrogen) atoms. The summed E-state index contributed by atoms with van der Waals surface area (Å²) in [6.07, 6.45) is 0. The molecule has 0 heterocycles. The van der Waals surface area contributed by atoms with E-state index in [0.717, 1.165) is 5.56 Å². The van der Waals surface area contributed by atoms with Crippen LogP contribution in [0.5, 0.6) is 0 Å². The Morgan fingerprint density at radius 3 is 1.82 bits per heavy atom. The molecule has 48 valence electrons. The maximum atomic E-state index is 3.08. The third kappa shape index (κ3) is 6.73. The van der Waals surface area contributed by atoms with Crippen LogP contribution in [0.25, 0.3) is 0 Å². The molecule has 0 atom stereocenters. The fourth-order valence-corrected chi connectivity index (χ4v) is 0.641. The molecule has 0 aliphatic carbocycles. The van der Waals surface area contributed by atoms with E-state index in [9.17, 15) is 0 Å². The van der Waals surface area contributed by atoms with Crippen LogP contribution >= 0.6 is 0 Å². The van der Waals surface area contributed by atoms with E-state index in [4.69, 9.17) is 0 Å². The number of benzene rings is 1. The van der Waals surface area contributed by atoms with E-state index in [1.807, 2.05) is 18.2 Å². The average Bonchev–Trinajstić information content (AvgIpc) is 1.90. The maximum absolute atomic E-state index is 3.08. The summed E-state index contributed by atoms with van der Waals surface area (Å²) in [4.78, 5) is 0. The molecule has 1 rings (SSSR count). The maximum Gasteiger partial charge on any atom is 1.00 e. The van der Waals surface area contributed by atoms with Crippen molar-refractivity contribution in [3.05, 3.63) is 41.8 Å².